The van der Waals surface area contributed by atoms with E-state index in [0.717, 1.165) is 44.9 Å². The second-order valence-electron chi connectivity index (χ2n) is 5.81. The van der Waals surface area contributed by atoms with Crippen molar-refractivity contribution in [2.45, 2.75) is 69.9 Å². The minimum absolute atomic E-state index is 0.0166. The first-order valence-corrected chi connectivity index (χ1v) is 9.06. The van der Waals surface area contributed by atoms with Crippen LogP contribution in [0.15, 0.2) is 0 Å². The van der Waals surface area contributed by atoms with E-state index in [0.29, 0.717) is 13.1 Å². The first-order chi connectivity index (χ1) is 9.13. The Kier molecular flexibility index (Phi) is 5.62. The van der Waals surface area contributed by atoms with Crippen molar-refractivity contribution in [2.75, 3.05) is 13.1 Å². The van der Waals surface area contributed by atoms with Gasteiger partial charge in [-0.15, -0.1) is 0 Å². The summed E-state index contributed by atoms with van der Waals surface area (Å²) in [6.07, 6.45) is 9.59. The highest BCUT2D eigenvalue weighted by Gasteiger charge is 2.32. The number of nitrogens with zero attached hydrogens (tertiary/aromatic N) is 1. The van der Waals surface area contributed by atoms with Crippen LogP contribution < -0.4 is 10.5 Å². The fraction of sp³-hybridized carbons (Fsp3) is 1.00. The molecule has 0 aromatic rings. The smallest absolute Gasteiger partial charge is 0.279 e. The SMILES string of the molecule is NCC1CCCCN1S(=O)(=O)NC1CCCCCC1. The molecule has 0 aromatic carbocycles. The van der Waals surface area contributed by atoms with Gasteiger partial charge in [-0.3, -0.25) is 0 Å². The van der Waals surface area contributed by atoms with E-state index in [-0.39, 0.29) is 12.1 Å². The predicted molar refractivity (Wildman–Crippen MR) is 76.9 cm³/mol. The Morgan fingerprint density at radius 1 is 1.00 bits per heavy atom. The van der Waals surface area contributed by atoms with Gasteiger partial charge in [0.2, 0.25) is 0 Å². The molecule has 0 spiro atoms. The topological polar surface area (TPSA) is 75.4 Å². The third kappa shape index (κ3) is 4.15. The van der Waals surface area contributed by atoms with Crippen LogP contribution in [0.3, 0.4) is 0 Å². The zero-order valence-electron chi connectivity index (χ0n) is 11.7. The Hall–Kier alpha value is -0.170. The molecule has 2 rings (SSSR count). The van der Waals surface area contributed by atoms with Crippen LogP contribution in [-0.4, -0.2) is 37.9 Å². The molecule has 5 nitrogen and oxygen atoms in total. The van der Waals surface area contributed by atoms with E-state index in [1.807, 2.05) is 0 Å². The maximum Gasteiger partial charge on any atom is 0.279 e. The number of hydrogen-bond donors (Lipinski definition) is 2. The molecule has 19 heavy (non-hydrogen) atoms. The minimum atomic E-state index is -3.36. The molecule has 112 valence electrons. The summed E-state index contributed by atoms with van der Waals surface area (Å²) in [5.74, 6) is 0. The van der Waals surface area contributed by atoms with Gasteiger partial charge >= 0.3 is 0 Å². The lowest BCUT2D eigenvalue weighted by atomic mass is 10.1. The van der Waals surface area contributed by atoms with Gasteiger partial charge in [-0.05, 0) is 25.7 Å². The van der Waals surface area contributed by atoms with Crippen LogP contribution in [0, 0.1) is 0 Å². The van der Waals surface area contributed by atoms with Gasteiger partial charge in [0.1, 0.15) is 0 Å². The fourth-order valence-electron chi connectivity index (χ4n) is 3.20. The summed E-state index contributed by atoms with van der Waals surface area (Å²) in [5, 5.41) is 0. The zero-order valence-corrected chi connectivity index (χ0v) is 12.5. The molecule has 0 bridgehead atoms. The molecule has 1 aliphatic heterocycles. The van der Waals surface area contributed by atoms with Crippen LogP contribution in [-0.2, 0) is 10.2 Å². The summed E-state index contributed by atoms with van der Waals surface area (Å²) in [4.78, 5) is 0. The van der Waals surface area contributed by atoms with Crippen molar-refractivity contribution in [3.05, 3.63) is 0 Å². The van der Waals surface area contributed by atoms with Crippen molar-refractivity contribution in [3.63, 3.8) is 0 Å². The van der Waals surface area contributed by atoms with Gasteiger partial charge in [0.25, 0.3) is 10.2 Å². The summed E-state index contributed by atoms with van der Waals surface area (Å²) >= 11 is 0. The highest BCUT2D eigenvalue weighted by atomic mass is 32.2. The quantitative estimate of drug-likeness (QED) is 0.767. The number of nitrogens with two attached hydrogens (primary N) is 1. The van der Waals surface area contributed by atoms with Gasteiger partial charge < -0.3 is 5.73 Å². The number of hydrogen-bond acceptors (Lipinski definition) is 3. The van der Waals surface area contributed by atoms with E-state index in [1.54, 1.807) is 4.31 Å². The van der Waals surface area contributed by atoms with Gasteiger partial charge in [0.05, 0.1) is 0 Å². The first kappa shape index (κ1) is 15.2. The lowest BCUT2D eigenvalue weighted by Crippen LogP contribution is -2.53. The molecule has 2 fully saturated rings. The summed E-state index contributed by atoms with van der Waals surface area (Å²) in [5.41, 5.74) is 5.71. The molecule has 0 radical (unpaired) electrons. The first-order valence-electron chi connectivity index (χ1n) is 7.62. The number of piperidine rings is 1. The molecule has 6 heteroatoms. The Labute approximate surface area is 117 Å². The van der Waals surface area contributed by atoms with Crippen molar-refractivity contribution in [3.8, 4) is 0 Å². The van der Waals surface area contributed by atoms with E-state index in [9.17, 15) is 8.42 Å². The predicted octanol–water partition coefficient (Wildman–Crippen LogP) is 1.36. The van der Waals surface area contributed by atoms with Crippen LogP contribution >= 0.6 is 0 Å². The molecule has 3 N–H and O–H groups in total. The Bertz CT molecular complexity index is 364. The van der Waals surface area contributed by atoms with Gasteiger partial charge in [-0.1, -0.05) is 32.1 Å². The van der Waals surface area contributed by atoms with Crippen molar-refractivity contribution in [1.29, 1.82) is 0 Å². The van der Waals surface area contributed by atoms with Gasteiger partial charge in [-0.2, -0.15) is 17.4 Å². The Balaban J connectivity index is 1.99. The lowest BCUT2D eigenvalue weighted by Gasteiger charge is -2.35. The third-order valence-corrected chi connectivity index (χ3v) is 6.05. The number of rotatable bonds is 4. The van der Waals surface area contributed by atoms with Gasteiger partial charge in [-0.25, -0.2) is 0 Å². The number of nitrogens with one attached hydrogen (secondary N) is 1. The molecule has 1 aliphatic carbocycles. The average molecular weight is 289 g/mol. The maximum atomic E-state index is 12.5. The standard InChI is InChI=1S/C13H27N3O2S/c14-11-13-9-5-6-10-16(13)19(17,18)15-12-7-3-1-2-4-8-12/h12-13,15H,1-11,14H2. The van der Waals surface area contributed by atoms with E-state index in [2.05, 4.69) is 4.72 Å². The monoisotopic (exact) mass is 289 g/mol. The summed E-state index contributed by atoms with van der Waals surface area (Å²) in [6.45, 7) is 1.04. The van der Waals surface area contributed by atoms with Crippen LogP contribution in [0.25, 0.3) is 0 Å². The molecule has 1 unspecified atom stereocenters. The maximum absolute atomic E-state index is 12.5. The molecular weight excluding hydrogens is 262 g/mol. The second-order valence-corrected chi connectivity index (χ2v) is 7.46. The molecule has 1 atom stereocenters. The lowest BCUT2D eigenvalue weighted by molar-refractivity contribution is 0.252. The minimum Gasteiger partial charge on any atom is -0.329 e. The van der Waals surface area contributed by atoms with Gasteiger partial charge in [0.15, 0.2) is 0 Å². The fourth-order valence-corrected chi connectivity index (χ4v) is 4.95. The zero-order chi connectivity index (χ0) is 13.7. The van der Waals surface area contributed by atoms with Crippen molar-refractivity contribution < 1.29 is 8.42 Å². The van der Waals surface area contributed by atoms with Crippen LogP contribution in [0.1, 0.15) is 57.8 Å². The van der Waals surface area contributed by atoms with Crippen LogP contribution in [0.4, 0.5) is 0 Å². The third-order valence-electron chi connectivity index (χ3n) is 4.32. The molecule has 2 aliphatic rings. The molecule has 1 saturated heterocycles. The van der Waals surface area contributed by atoms with Crippen LogP contribution in [0.2, 0.25) is 0 Å². The molecule has 1 saturated carbocycles. The van der Waals surface area contributed by atoms with Crippen molar-refractivity contribution in [1.82, 2.24) is 9.03 Å². The van der Waals surface area contributed by atoms with E-state index >= 15 is 0 Å². The molecule has 1 heterocycles. The van der Waals surface area contributed by atoms with Crippen molar-refractivity contribution >= 4 is 10.2 Å². The second kappa shape index (κ2) is 7.02. The molecular formula is C13H27N3O2S. The van der Waals surface area contributed by atoms with Gasteiger partial charge in [0, 0.05) is 25.2 Å². The highest BCUT2D eigenvalue weighted by molar-refractivity contribution is 7.87. The van der Waals surface area contributed by atoms with E-state index in [4.69, 9.17) is 5.73 Å². The molecule has 0 aromatic heterocycles. The summed E-state index contributed by atoms with van der Waals surface area (Å²) in [6, 6.07) is 0.102. The molecule has 0 amide bonds. The van der Waals surface area contributed by atoms with E-state index in [1.165, 1.54) is 12.8 Å². The summed E-state index contributed by atoms with van der Waals surface area (Å²) < 4.78 is 29.5. The summed E-state index contributed by atoms with van der Waals surface area (Å²) in [7, 11) is -3.36. The highest BCUT2D eigenvalue weighted by Crippen LogP contribution is 2.22. The Morgan fingerprint density at radius 2 is 1.63 bits per heavy atom. The Morgan fingerprint density at radius 3 is 2.26 bits per heavy atom. The average Bonchev–Trinajstić information content (AvgIpc) is 2.67. The normalized spacial score (nSPS) is 28.2. The van der Waals surface area contributed by atoms with Crippen LogP contribution in [0.5, 0.6) is 0 Å². The van der Waals surface area contributed by atoms with Crippen molar-refractivity contribution in [2.24, 2.45) is 5.73 Å². The van der Waals surface area contributed by atoms with E-state index < -0.39 is 10.2 Å². The largest absolute Gasteiger partial charge is 0.329 e.